The van der Waals surface area contributed by atoms with Crippen molar-refractivity contribution in [2.75, 3.05) is 5.43 Å². The molecular weight excluding hydrogens is 159 g/mol. The Labute approximate surface area is 68.9 Å². The minimum Gasteiger partial charge on any atom is -0.293 e. The van der Waals surface area contributed by atoms with Gasteiger partial charge in [0.05, 0.1) is 5.69 Å². The lowest BCUT2D eigenvalue weighted by Crippen LogP contribution is -1.96. The number of carbonyl (C=O) groups excluding carboxylic acids is 1. The number of hydrogen-bond donors (Lipinski definition) is 1. The van der Waals surface area contributed by atoms with E-state index in [0.29, 0.717) is 5.69 Å². The fourth-order valence-electron chi connectivity index (χ4n) is 0.657. The van der Waals surface area contributed by atoms with E-state index in [-0.39, 0.29) is 6.29 Å². The standard InChI is InChI=1S/C8H7FN2O/c9-8(6-12)11-10-7-4-2-1-3-5-7/h1-6,10H/b11-8+. The Bertz CT molecular complexity index is 284. The molecule has 12 heavy (non-hydrogen) atoms. The van der Waals surface area contributed by atoms with Crippen LogP contribution in [0, 0.1) is 0 Å². The number of benzene rings is 1. The minimum atomic E-state index is -1.07. The summed E-state index contributed by atoms with van der Waals surface area (Å²) >= 11 is 0. The van der Waals surface area contributed by atoms with E-state index < -0.39 is 5.97 Å². The largest absolute Gasteiger partial charge is 0.293 e. The zero-order valence-electron chi connectivity index (χ0n) is 6.20. The van der Waals surface area contributed by atoms with Crippen LogP contribution in [0.4, 0.5) is 10.1 Å². The summed E-state index contributed by atoms with van der Waals surface area (Å²) in [5.74, 6) is -1.07. The summed E-state index contributed by atoms with van der Waals surface area (Å²) in [4.78, 5) is 9.78. The molecule has 3 nitrogen and oxygen atoms in total. The highest BCUT2D eigenvalue weighted by Gasteiger charge is 1.90. The Kier molecular flexibility index (Phi) is 2.95. The summed E-state index contributed by atoms with van der Waals surface area (Å²) in [6, 6.07) is 8.79. The predicted octanol–water partition coefficient (Wildman–Crippen LogP) is 1.58. The number of carbonyl (C=O) groups is 1. The first-order valence-corrected chi connectivity index (χ1v) is 3.32. The molecule has 0 heterocycles. The van der Waals surface area contributed by atoms with Gasteiger partial charge in [0.1, 0.15) is 0 Å². The number of anilines is 1. The first-order valence-electron chi connectivity index (χ1n) is 3.32. The van der Waals surface area contributed by atoms with Gasteiger partial charge < -0.3 is 0 Å². The van der Waals surface area contributed by atoms with Crippen LogP contribution in [0.2, 0.25) is 0 Å². The van der Waals surface area contributed by atoms with Crippen molar-refractivity contribution in [3.05, 3.63) is 30.3 Å². The van der Waals surface area contributed by atoms with Crippen LogP contribution in [-0.4, -0.2) is 12.3 Å². The summed E-state index contributed by atoms with van der Waals surface area (Å²) in [6.45, 7) is 0. The maximum absolute atomic E-state index is 12.1. The molecule has 0 spiro atoms. The van der Waals surface area contributed by atoms with Crippen molar-refractivity contribution in [1.82, 2.24) is 0 Å². The molecule has 0 aliphatic rings. The van der Waals surface area contributed by atoms with Crippen LogP contribution in [-0.2, 0) is 4.79 Å². The highest BCUT2D eigenvalue weighted by atomic mass is 19.1. The molecule has 1 N–H and O–H groups in total. The number of aldehydes is 1. The predicted molar refractivity (Wildman–Crippen MR) is 44.7 cm³/mol. The Morgan fingerprint density at radius 1 is 1.42 bits per heavy atom. The van der Waals surface area contributed by atoms with Crippen molar-refractivity contribution in [2.45, 2.75) is 0 Å². The molecule has 0 aliphatic heterocycles. The van der Waals surface area contributed by atoms with Crippen molar-refractivity contribution >= 4 is 17.9 Å². The van der Waals surface area contributed by atoms with Crippen molar-refractivity contribution in [3.63, 3.8) is 0 Å². The average molecular weight is 166 g/mol. The lowest BCUT2D eigenvalue weighted by molar-refractivity contribution is -0.103. The van der Waals surface area contributed by atoms with Crippen LogP contribution in [0.3, 0.4) is 0 Å². The fourth-order valence-corrected chi connectivity index (χ4v) is 0.657. The second kappa shape index (κ2) is 4.23. The van der Waals surface area contributed by atoms with Crippen LogP contribution in [0.25, 0.3) is 0 Å². The lowest BCUT2D eigenvalue weighted by Gasteiger charge is -1.96. The molecular formula is C8H7FN2O. The van der Waals surface area contributed by atoms with Gasteiger partial charge in [0.15, 0.2) is 6.29 Å². The molecule has 0 atom stereocenters. The molecule has 4 heteroatoms. The SMILES string of the molecule is O=C/C(F)=N\Nc1ccccc1. The van der Waals surface area contributed by atoms with Gasteiger partial charge in [-0.1, -0.05) is 18.2 Å². The number of nitrogens with one attached hydrogen (secondary N) is 1. The normalized spacial score (nSPS) is 10.9. The maximum atomic E-state index is 12.1. The average Bonchev–Trinajstić information content (AvgIpc) is 2.16. The quantitative estimate of drug-likeness (QED) is 0.420. The molecule has 0 bridgehead atoms. The monoisotopic (exact) mass is 166 g/mol. The molecule has 62 valence electrons. The van der Waals surface area contributed by atoms with Gasteiger partial charge in [-0.3, -0.25) is 10.2 Å². The van der Waals surface area contributed by atoms with Crippen LogP contribution in [0.15, 0.2) is 35.4 Å². The summed E-state index contributed by atoms with van der Waals surface area (Å²) in [5.41, 5.74) is 3.01. The lowest BCUT2D eigenvalue weighted by atomic mass is 10.3. The number of nitrogens with zero attached hydrogens (tertiary/aromatic N) is 1. The third-order valence-corrected chi connectivity index (χ3v) is 1.16. The van der Waals surface area contributed by atoms with Gasteiger partial charge in [0, 0.05) is 0 Å². The smallest absolute Gasteiger partial charge is 0.270 e. The second-order valence-electron chi connectivity index (χ2n) is 2.03. The van der Waals surface area contributed by atoms with Crippen LogP contribution >= 0.6 is 0 Å². The van der Waals surface area contributed by atoms with E-state index in [9.17, 15) is 9.18 Å². The maximum Gasteiger partial charge on any atom is 0.270 e. The molecule has 0 aliphatic carbocycles. The third-order valence-electron chi connectivity index (χ3n) is 1.16. The van der Waals surface area contributed by atoms with Crippen LogP contribution in [0.5, 0.6) is 0 Å². The Hall–Kier alpha value is -1.71. The number of hydrogen-bond acceptors (Lipinski definition) is 3. The number of halogens is 1. The summed E-state index contributed by atoms with van der Waals surface area (Å²) < 4.78 is 12.1. The molecule has 0 fully saturated rings. The van der Waals surface area contributed by atoms with Gasteiger partial charge in [-0.05, 0) is 12.1 Å². The van der Waals surface area contributed by atoms with Crippen molar-refractivity contribution < 1.29 is 9.18 Å². The zero-order chi connectivity index (χ0) is 8.81. The van der Waals surface area contributed by atoms with Crippen LogP contribution in [0.1, 0.15) is 0 Å². The van der Waals surface area contributed by atoms with E-state index in [1.807, 2.05) is 6.07 Å². The van der Waals surface area contributed by atoms with E-state index in [4.69, 9.17) is 0 Å². The van der Waals surface area contributed by atoms with E-state index >= 15 is 0 Å². The second-order valence-corrected chi connectivity index (χ2v) is 2.03. The molecule has 1 rings (SSSR count). The molecule has 1 aromatic carbocycles. The van der Waals surface area contributed by atoms with Gasteiger partial charge >= 0.3 is 0 Å². The molecule has 0 saturated heterocycles. The summed E-state index contributed by atoms with van der Waals surface area (Å²) in [5, 5.41) is 3.14. The number of hydrazone groups is 1. The van der Waals surface area contributed by atoms with Crippen LogP contribution < -0.4 is 5.43 Å². The van der Waals surface area contributed by atoms with E-state index in [2.05, 4.69) is 10.5 Å². The highest BCUT2D eigenvalue weighted by Crippen LogP contribution is 2.04. The summed E-state index contributed by atoms with van der Waals surface area (Å²) in [7, 11) is 0. The first-order chi connectivity index (χ1) is 5.83. The van der Waals surface area contributed by atoms with Gasteiger partial charge in [0.2, 0.25) is 0 Å². The molecule has 0 radical (unpaired) electrons. The van der Waals surface area contributed by atoms with Gasteiger partial charge in [0.25, 0.3) is 5.97 Å². The summed E-state index contributed by atoms with van der Waals surface area (Å²) in [6.07, 6.45) is 0.0376. The van der Waals surface area contributed by atoms with Crippen molar-refractivity contribution in [2.24, 2.45) is 5.10 Å². The van der Waals surface area contributed by atoms with E-state index in [0.717, 1.165) is 0 Å². The highest BCUT2D eigenvalue weighted by molar-refractivity contribution is 6.23. The fraction of sp³-hybridized carbons (Fsp3) is 0. The molecule has 0 unspecified atom stereocenters. The third kappa shape index (κ3) is 2.49. The van der Waals surface area contributed by atoms with Crippen molar-refractivity contribution in [3.8, 4) is 0 Å². The van der Waals surface area contributed by atoms with Gasteiger partial charge in [-0.2, -0.15) is 4.39 Å². The van der Waals surface area contributed by atoms with Crippen molar-refractivity contribution in [1.29, 1.82) is 0 Å². The van der Waals surface area contributed by atoms with E-state index in [1.54, 1.807) is 24.3 Å². The molecule has 0 saturated carbocycles. The minimum absolute atomic E-state index is 0.0376. The van der Waals surface area contributed by atoms with Gasteiger partial charge in [-0.15, -0.1) is 5.10 Å². The first kappa shape index (κ1) is 8.39. The van der Waals surface area contributed by atoms with Gasteiger partial charge in [-0.25, -0.2) is 0 Å². The zero-order valence-corrected chi connectivity index (χ0v) is 6.20. The van der Waals surface area contributed by atoms with E-state index in [1.165, 1.54) is 0 Å². The Balaban J connectivity index is 2.60. The topological polar surface area (TPSA) is 41.5 Å². The Morgan fingerprint density at radius 3 is 2.67 bits per heavy atom. The number of para-hydroxylation sites is 1. The number of rotatable bonds is 3. The molecule has 1 aromatic rings. The Morgan fingerprint density at radius 2 is 2.08 bits per heavy atom. The molecule has 0 amide bonds. The molecule has 0 aromatic heterocycles.